The zero-order chi connectivity index (χ0) is 20.1. The lowest BCUT2D eigenvalue weighted by Crippen LogP contribution is -2.12. The molecule has 1 heterocycles. The number of nitrogens with zero attached hydrogens (tertiary/aromatic N) is 2. The van der Waals surface area contributed by atoms with Crippen LogP contribution in [0, 0.1) is 0 Å². The summed E-state index contributed by atoms with van der Waals surface area (Å²) in [4.78, 5) is 7.75. The van der Waals surface area contributed by atoms with Crippen molar-refractivity contribution in [3.05, 3.63) is 77.5 Å². The summed E-state index contributed by atoms with van der Waals surface area (Å²) < 4.78 is 61.3. The van der Waals surface area contributed by atoms with Crippen LogP contribution >= 0.6 is 0 Å². The molecule has 0 aliphatic rings. The van der Waals surface area contributed by atoms with Gasteiger partial charge in [0.05, 0.1) is 5.69 Å². The van der Waals surface area contributed by atoms with Crippen LogP contribution in [0.4, 0.5) is 19.1 Å². The Kier molecular flexibility index (Phi) is 6.05. The molecule has 0 amide bonds. The number of nitrogens with one attached hydrogen (secondary N) is 1. The van der Waals surface area contributed by atoms with Crippen molar-refractivity contribution in [3.8, 4) is 11.3 Å². The molecule has 0 bridgehead atoms. The maximum atomic E-state index is 13.2. The standard InChI is InChI=1S/C19H16F3N3O2S/c20-19(21,22)17-10-16(15-8-6-14(7-9-15)12-28(26)27)24-18(25-17)23-11-13-4-2-1-3-5-13/h1-10H,11-12H2,(H,26,27)(H,23,24,25)/p-1. The summed E-state index contributed by atoms with van der Waals surface area (Å²) >= 11 is -2.24. The third-order valence-corrected chi connectivity index (χ3v) is 4.41. The predicted molar refractivity (Wildman–Crippen MR) is 98.9 cm³/mol. The van der Waals surface area contributed by atoms with Gasteiger partial charge in [-0.2, -0.15) is 13.2 Å². The normalized spacial score (nSPS) is 12.6. The van der Waals surface area contributed by atoms with Crippen LogP contribution in [0.1, 0.15) is 16.8 Å². The number of aromatic nitrogens is 2. The number of hydrogen-bond acceptors (Lipinski definition) is 5. The van der Waals surface area contributed by atoms with E-state index in [0.29, 0.717) is 11.1 Å². The van der Waals surface area contributed by atoms with Crippen molar-refractivity contribution >= 4 is 17.0 Å². The Morgan fingerprint density at radius 3 is 2.25 bits per heavy atom. The topological polar surface area (TPSA) is 77.9 Å². The molecule has 1 atom stereocenters. The Bertz CT molecular complexity index is 964. The highest BCUT2D eigenvalue weighted by Crippen LogP contribution is 2.31. The molecule has 2 aromatic carbocycles. The van der Waals surface area contributed by atoms with Crippen LogP contribution in [-0.2, 0) is 29.6 Å². The molecular weight excluding hydrogens is 391 g/mol. The molecule has 0 fully saturated rings. The average Bonchev–Trinajstić information content (AvgIpc) is 2.66. The van der Waals surface area contributed by atoms with Gasteiger partial charge in [-0.3, -0.25) is 4.21 Å². The van der Waals surface area contributed by atoms with E-state index in [1.165, 1.54) is 24.3 Å². The molecule has 0 saturated heterocycles. The van der Waals surface area contributed by atoms with Gasteiger partial charge in [0.25, 0.3) is 0 Å². The second-order valence-electron chi connectivity index (χ2n) is 5.94. The van der Waals surface area contributed by atoms with Crippen LogP contribution in [0.2, 0.25) is 0 Å². The highest BCUT2D eigenvalue weighted by molar-refractivity contribution is 7.78. The van der Waals surface area contributed by atoms with Crippen molar-refractivity contribution in [2.24, 2.45) is 0 Å². The van der Waals surface area contributed by atoms with Gasteiger partial charge < -0.3 is 9.87 Å². The fraction of sp³-hybridized carbons (Fsp3) is 0.158. The van der Waals surface area contributed by atoms with E-state index in [1.807, 2.05) is 30.3 Å². The Morgan fingerprint density at radius 2 is 1.64 bits per heavy atom. The minimum Gasteiger partial charge on any atom is -0.772 e. The third kappa shape index (κ3) is 5.37. The Morgan fingerprint density at radius 1 is 0.964 bits per heavy atom. The molecule has 146 valence electrons. The predicted octanol–water partition coefficient (Wildman–Crippen LogP) is 4.15. The summed E-state index contributed by atoms with van der Waals surface area (Å²) in [6.07, 6.45) is -4.62. The van der Waals surface area contributed by atoms with Crippen LogP contribution in [0.3, 0.4) is 0 Å². The number of hydrogen-bond donors (Lipinski definition) is 1. The summed E-state index contributed by atoms with van der Waals surface area (Å²) in [7, 11) is 0. The van der Waals surface area contributed by atoms with Gasteiger partial charge in [-0.1, -0.05) is 65.7 Å². The van der Waals surface area contributed by atoms with Crippen LogP contribution in [0.15, 0.2) is 60.7 Å². The van der Waals surface area contributed by atoms with Gasteiger partial charge in [-0.25, -0.2) is 9.97 Å². The SMILES string of the molecule is O=S([O-])Cc1ccc(-c2cc(C(F)(F)F)nc(NCc3ccccc3)n2)cc1. The van der Waals surface area contributed by atoms with E-state index in [9.17, 15) is 21.9 Å². The van der Waals surface area contributed by atoms with Crippen LogP contribution in [-0.4, -0.2) is 18.7 Å². The van der Waals surface area contributed by atoms with E-state index in [-0.39, 0.29) is 23.9 Å². The minimum atomic E-state index is -4.62. The number of alkyl halides is 3. The van der Waals surface area contributed by atoms with Crippen LogP contribution < -0.4 is 5.32 Å². The molecule has 3 aromatic rings. The summed E-state index contributed by atoms with van der Waals surface area (Å²) in [5.74, 6) is -0.305. The first-order valence-electron chi connectivity index (χ1n) is 8.20. The van der Waals surface area contributed by atoms with E-state index >= 15 is 0 Å². The Hall–Kier alpha value is -2.78. The number of benzene rings is 2. The number of rotatable bonds is 6. The molecule has 0 aliphatic carbocycles. The number of halogens is 3. The van der Waals surface area contributed by atoms with Crippen molar-refractivity contribution in [2.45, 2.75) is 18.5 Å². The molecule has 0 saturated carbocycles. The lowest BCUT2D eigenvalue weighted by atomic mass is 10.1. The van der Waals surface area contributed by atoms with Crippen LogP contribution in [0.5, 0.6) is 0 Å². The molecule has 0 spiro atoms. The maximum Gasteiger partial charge on any atom is 0.433 e. The Labute approximate surface area is 162 Å². The molecule has 0 aliphatic heterocycles. The zero-order valence-corrected chi connectivity index (χ0v) is 15.3. The summed E-state index contributed by atoms with van der Waals surface area (Å²) in [5.41, 5.74) is 0.867. The second-order valence-corrected chi connectivity index (χ2v) is 6.84. The van der Waals surface area contributed by atoms with E-state index in [1.54, 1.807) is 0 Å². The molecule has 5 nitrogen and oxygen atoms in total. The quantitative estimate of drug-likeness (QED) is 0.622. The first-order valence-corrected chi connectivity index (χ1v) is 9.45. The van der Waals surface area contributed by atoms with Crippen molar-refractivity contribution < 1.29 is 21.9 Å². The van der Waals surface area contributed by atoms with Crippen molar-refractivity contribution in [2.75, 3.05) is 5.32 Å². The van der Waals surface area contributed by atoms with Gasteiger partial charge in [0, 0.05) is 17.9 Å². The van der Waals surface area contributed by atoms with E-state index in [0.717, 1.165) is 11.6 Å². The monoisotopic (exact) mass is 406 g/mol. The van der Waals surface area contributed by atoms with Gasteiger partial charge in [0.15, 0.2) is 5.69 Å². The first-order chi connectivity index (χ1) is 13.3. The average molecular weight is 406 g/mol. The zero-order valence-electron chi connectivity index (χ0n) is 14.4. The largest absolute Gasteiger partial charge is 0.772 e. The molecule has 28 heavy (non-hydrogen) atoms. The van der Waals surface area contributed by atoms with E-state index in [2.05, 4.69) is 15.3 Å². The van der Waals surface area contributed by atoms with Crippen molar-refractivity contribution in [1.29, 1.82) is 0 Å². The Balaban J connectivity index is 1.90. The lowest BCUT2D eigenvalue weighted by molar-refractivity contribution is -0.141. The fourth-order valence-corrected chi connectivity index (χ4v) is 2.97. The molecule has 1 unspecified atom stereocenters. The van der Waals surface area contributed by atoms with Gasteiger partial charge in [0.1, 0.15) is 0 Å². The third-order valence-electron chi connectivity index (χ3n) is 3.84. The minimum absolute atomic E-state index is 0.0904. The molecule has 9 heteroatoms. The molecule has 3 rings (SSSR count). The second kappa shape index (κ2) is 8.49. The van der Waals surface area contributed by atoms with E-state index < -0.39 is 23.0 Å². The highest BCUT2D eigenvalue weighted by Gasteiger charge is 2.33. The van der Waals surface area contributed by atoms with Crippen molar-refractivity contribution in [1.82, 2.24) is 9.97 Å². The van der Waals surface area contributed by atoms with Gasteiger partial charge in [-0.15, -0.1) is 0 Å². The first kappa shape index (κ1) is 20.0. The lowest BCUT2D eigenvalue weighted by Gasteiger charge is -2.12. The summed E-state index contributed by atoms with van der Waals surface area (Å²) in [5, 5.41) is 2.82. The van der Waals surface area contributed by atoms with Gasteiger partial charge in [-0.05, 0) is 17.2 Å². The van der Waals surface area contributed by atoms with Gasteiger partial charge in [0.2, 0.25) is 5.95 Å². The smallest absolute Gasteiger partial charge is 0.433 e. The van der Waals surface area contributed by atoms with E-state index in [4.69, 9.17) is 0 Å². The molecule has 0 radical (unpaired) electrons. The number of anilines is 1. The highest BCUT2D eigenvalue weighted by atomic mass is 32.2. The summed E-state index contributed by atoms with van der Waals surface area (Å²) in [6, 6.07) is 16.2. The molecule has 1 N–H and O–H groups in total. The van der Waals surface area contributed by atoms with Crippen LogP contribution in [0.25, 0.3) is 11.3 Å². The van der Waals surface area contributed by atoms with Gasteiger partial charge >= 0.3 is 6.18 Å². The molecular formula is C19H15F3N3O2S-. The molecule has 1 aromatic heterocycles. The maximum absolute atomic E-state index is 13.2. The van der Waals surface area contributed by atoms with Crippen molar-refractivity contribution in [3.63, 3.8) is 0 Å². The summed E-state index contributed by atoms with van der Waals surface area (Å²) in [6.45, 7) is 0.274. The fourth-order valence-electron chi connectivity index (χ4n) is 2.50.